The van der Waals surface area contributed by atoms with E-state index in [4.69, 9.17) is 4.74 Å². The number of benzene rings is 1. The fourth-order valence-electron chi connectivity index (χ4n) is 2.50. The van der Waals surface area contributed by atoms with Gasteiger partial charge in [0.15, 0.2) is 0 Å². The van der Waals surface area contributed by atoms with Gasteiger partial charge in [0.05, 0.1) is 6.10 Å². The molecule has 1 aliphatic heterocycles. The van der Waals surface area contributed by atoms with Crippen LogP contribution < -0.4 is 0 Å². The highest BCUT2D eigenvalue weighted by molar-refractivity contribution is 5.15. The third-order valence-corrected chi connectivity index (χ3v) is 3.55. The molecule has 1 aromatic rings. The van der Waals surface area contributed by atoms with E-state index in [1.807, 2.05) is 6.07 Å². The van der Waals surface area contributed by atoms with Gasteiger partial charge in [-0.3, -0.25) is 0 Å². The predicted octanol–water partition coefficient (Wildman–Crippen LogP) is 2.80. The Morgan fingerprint density at radius 2 is 2.12 bits per heavy atom. The maximum absolute atomic E-state index is 9.42. The summed E-state index contributed by atoms with van der Waals surface area (Å²) in [4.78, 5) is 0. The molecule has 0 saturated carbocycles. The van der Waals surface area contributed by atoms with E-state index in [1.165, 1.54) is 18.4 Å². The second-order valence-electron chi connectivity index (χ2n) is 4.95. The van der Waals surface area contributed by atoms with Gasteiger partial charge in [-0.25, -0.2) is 0 Å². The molecule has 0 radical (unpaired) electrons. The largest absolute Gasteiger partial charge is 0.396 e. The molecule has 0 bridgehead atoms. The lowest BCUT2D eigenvalue weighted by atomic mass is 9.94. The van der Waals surface area contributed by atoms with Crippen LogP contribution in [0, 0.1) is 5.92 Å². The molecule has 0 aromatic heterocycles. The first-order chi connectivity index (χ1) is 8.38. The molecule has 0 aliphatic carbocycles. The van der Waals surface area contributed by atoms with Crippen LogP contribution >= 0.6 is 0 Å². The van der Waals surface area contributed by atoms with E-state index >= 15 is 0 Å². The van der Waals surface area contributed by atoms with Crippen molar-refractivity contribution >= 4 is 0 Å². The second-order valence-corrected chi connectivity index (χ2v) is 4.95. The van der Waals surface area contributed by atoms with Gasteiger partial charge >= 0.3 is 0 Å². The Labute approximate surface area is 104 Å². The van der Waals surface area contributed by atoms with Crippen molar-refractivity contribution in [1.82, 2.24) is 0 Å². The van der Waals surface area contributed by atoms with Crippen molar-refractivity contribution in [2.45, 2.75) is 38.2 Å². The van der Waals surface area contributed by atoms with Gasteiger partial charge in [0.1, 0.15) is 0 Å². The number of aliphatic hydroxyl groups is 1. The van der Waals surface area contributed by atoms with E-state index in [2.05, 4.69) is 24.3 Å². The Kier molecular flexibility index (Phi) is 5.02. The minimum Gasteiger partial charge on any atom is -0.396 e. The van der Waals surface area contributed by atoms with E-state index in [-0.39, 0.29) is 6.61 Å². The molecule has 1 N–H and O–H groups in total. The fourth-order valence-corrected chi connectivity index (χ4v) is 2.50. The summed E-state index contributed by atoms with van der Waals surface area (Å²) in [6.07, 6.45) is 5.98. The van der Waals surface area contributed by atoms with E-state index in [0.29, 0.717) is 12.0 Å². The third-order valence-electron chi connectivity index (χ3n) is 3.55. The van der Waals surface area contributed by atoms with Crippen molar-refractivity contribution < 1.29 is 9.84 Å². The minimum absolute atomic E-state index is 0.279. The van der Waals surface area contributed by atoms with Crippen LogP contribution in [0.3, 0.4) is 0 Å². The number of ether oxygens (including phenoxy) is 1. The van der Waals surface area contributed by atoms with Crippen LogP contribution in [0.15, 0.2) is 30.3 Å². The van der Waals surface area contributed by atoms with Crippen LogP contribution in [0.1, 0.15) is 31.2 Å². The average Bonchev–Trinajstić information content (AvgIpc) is 2.89. The zero-order chi connectivity index (χ0) is 11.9. The maximum atomic E-state index is 9.42. The van der Waals surface area contributed by atoms with Crippen LogP contribution in [0.5, 0.6) is 0 Å². The summed E-state index contributed by atoms with van der Waals surface area (Å²) in [6, 6.07) is 10.4. The number of hydrogen-bond donors (Lipinski definition) is 1. The quantitative estimate of drug-likeness (QED) is 0.820. The van der Waals surface area contributed by atoms with Crippen LogP contribution in [-0.4, -0.2) is 24.4 Å². The van der Waals surface area contributed by atoms with E-state index in [9.17, 15) is 5.11 Å². The monoisotopic (exact) mass is 234 g/mol. The predicted molar refractivity (Wildman–Crippen MR) is 68.9 cm³/mol. The molecule has 1 heterocycles. The van der Waals surface area contributed by atoms with Crippen molar-refractivity contribution in [3.8, 4) is 0 Å². The first-order valence-electron chi connectivity index (χ1n) is 6.65. The zero-order valence-electron chi connectivity index (χ0n) is 10.3. The summed E-state index contributed by atoms with van der Waals surface area (Å²) in [7, 11) is 0. The van der Waals surface area contributed by atoms with Crippen LogP contribution in [-0.2, 0) is 11.2 Å². The Hall–Kier alpha value is -0.860. The minimum atomic E-state index is 0.279. The molecule has 2 unspecified atom stereocenters. The maximum Gasteiger partial charge on any atom is 0.0576 e. The highest BCUT2D eigenvalue weighted by Gasteiger charge is 2.17. The van der Waals surface area contributed by atoms with E-state index in [1.54, 1.807) is 0 Å². The molecular formula is C15H22O2. The van der Waals surface area contributed by atoms with Gasteiger partial charge in [-0.15, -0.1) is 0 Å². The molecule has 2 heteroatoms. The first kappa shape index (κ1) is 12.6. The summed E-state index contributed by atoms with van der Waals surface area (Å²) in [5, 5.41) is 9.42. The second kappa shape index (κ2) is 6.77. The summed E-state index contributed by atoms with van der Waals surface area (Å²) >= 11 is 0. The lowest BCUT2D eigenvalue weighted by Crippen LogP contribution is -2.14. The number of hydrogen-bond acceptors (Lipinski definition) is 2. The van der Waals surface area contributed by atoms with Gasteiger partial charge in [-0.1, -0.05) is 30.3 Å². The Balaban J connectivity index is 1.76. The molecule has 1 fully saturated rings. The molecule has 1 aliphatic rings. The Morgan fingerprint density at radius 1 is 1.29 bits per heavy atom. The molecule has 17 heavy (non-hydrogen) atoms. The molecule has 1 aromatic carbocycles. The van der Waals surface area contributed by atoms with E-state index < -0.39 is 0 Å². The van der Waals surface area contributed by atoms with Crippen molar-refractivity contribution in [2.75, 3.05) is 13.2 Å². The van der Waals surface area contributed by atoms with Gasteiger partial charge < -0.3 is 9.84 Å². The standard InChI is InChI=1S/C15H22O2/c16-12-14(8-9-15-7-4-10-17-15)11-13-5-2-1-3-6-13/h1-3,5-6,14-16H,4,7-12H2. The molecule has 0 spiro atoms. The van der Waals surface area contributed by atoms with E-state index in [0.717, 1.165) is 25.9 Å². The Bertz CT molecular complexity index is 304. The fraction of sp³-hybridized carbons (Fsp3) is 0.600. The average molecular weight is 234 g/mol. The zero-order valence-corrected chi connectivity index (χ0v) is 10.3. The van der Waals surface area contributed by atoms with Gasteiger partial charge in [-0.2, -0.15) is 0 Å². The topological polar surface area (TPSA) is 29.5 Å². The normalized spacial score (nSPS) is 21.6. The third kappa shape index (κ3) is 4.14. The van der Waals surface area contributed by atoms with Crippen molar-refractivity contribution in [3.05, 3.63) is 35.9 Å². The summed E-state index contributed by atoms with van der Waals surface area (Å²) in [5.74, 6) is 0.376. The van der Waals surface area contributed by atoms with Gasteiger partial charge in [0.25, 0.3) is 0 Å². The van der Waals surface area contributed by atoms with Gasteiger partial charge in [0.2, 0.25) is 0 Å². The SMILES string of the molecule is OCC(CCC1CCCO1)Cc1ccccc1. The van der Waals surface area contributed by atoms with Crippen molar-refractivity contribution in [1.29, 1.82) is 0 Å². The highest BCUT2D eigenvalue weighted by atomic mass is 16.5. The summed E-state index contributed by atoms with van der Waals surface area (Å²) in [6.45, 7) is 1.20. The molecule has 2 nitrogen and oxygen atoms in total. The lowest BCUT2D eigenvalue weighted by Gasteiger charge is -2.16. The molecule has 2 atom stereocenters. The molecule has 94 valence electrons. The molecule has 0 amide bonds. The summed E-state index contributed by atoms with van der Waals surface area (Å²) in [5.41, 5.74) is 1.32. The Morgan fingerprint density at radius 3 is 2.76 bits per heavy atom. The molecular weight excluding hydrogens is 212 g/mol. The van der Waals surface area contributed by atoms with Crippen molar-refractivity contribution in [2.24, 2.45) is 5.92 Å². The first-order valence-corrected chi connectivity index (χ1v) is 6.65. The van der Waals surface area contributed by atoms with Gasteiger partial charge in [-0.05, 0) is 43.6 Å². The van der Waals surface area contributed by atoms with Crippen molar-refractivity contribution in [3.63, 3.8) is 0 Å². The number of aliphatic hydroxyl groups excluding tert-OH is 1. The number of rotatable bonds is 6. The smallest absolute Gasteiger partial charge is 0.0576 e. The van der Waals surface area contributed by atoms with Gasteiger partial charge in [0, 0.05) is 13.2 Å². The van der Waals surface area contributed by atoms with Crippen LogP contribution in [0.2, 0.25) is 0 Å². The molecule has 1 saturated heterocycles. The highest BCUT2D eigenvalue weighted by Crippen LogP contribution is 2.21. The van der Waals surface area contributed by atoms with Crippen LogP contribution in [0.25, 0.3) is 0 Å². The molecule has 2 rings (SSSR count). The summed E-state index contributed by atoms with van der Waals surface area (Å²) < 4.78 is 5.62. The van der Waals surface area contributed by atoms with Crippen LogP contribution in [0.4, 0.5) is 0 Å². The lowest BCUT2D eigenvalue weighted by molar-refractivity contribution is 0.0932.